The fourth-order valence-electron chi connectivity index (χ4n) is 2.77. The van der Waals surface area contributed by atoms with E-state index >= 15 is 0 Å². The molecule has 2 rings (SSSR count). The quantitative estimate of drug-likeness (QED) is 0.823. The van der Waals surface area contributed by atoms with Gasteiger partial charge in [-0.3, -0.25) is 4.72 Å². The van der Waals surface area contributed by atoms with E-state index in [1.54, 1.807) is 34.7 Å². The first-order chi connectivity index (χ1) is 11.6. The Hall–Kier alpha value is -2.35. The lowest BCUT2D eigenvalue weighted by atomic mass is 10.2. The number of nitrogens with zero attached hydrogens (tertiary/aromatic N) is 1. The molecular weight excluding hydrogens is 347 g/mol. The van der Waals surface area contributed by atoms with Crippen molar-refractivity contribution in [2.75, 3.05) is 11.3 Å². The van der Waals surface area contributed by atoms with Gasteiger partial charge >= 0.3 is 5.97 Å². The molecule has 0 radical (unpaired) electrons. The van der Waals surface area contributed by atoms with Crippen LogP contribution in [-0.2, 0) is 21.8 Å². The Bertz CT molecular complexity index is 933. The van der Waals surface area contributed by atoms with Crippen LogP contribution in [0.4, 0.5) is 10.1 Å². The highest BCUT2D eigenvalue weighted by Crippen LogP contribution is 2.29. The monoisotopic (exact) mass is 368 g/mol. The average Bonchev–Trinajstić information content (AvgIpc) is 2.73. The number of aromatic nitrogens is 1. The molecule has 8 heteroatoms. The maximum Gasteiger partial charge on any atom is 0.355 e. The zero-order valence-corrected chi connectivity index (χ0v) is 15.6. The minimum Gasteiger partial charge on any atom is -0.461 e. The molecule has 136 valence electrons. The summed E-state index contributed by atoms with van der Waals surface area (Å²) in [6.45, 7) is 6.65. The highest BCUT2D eigenvalue weighted by atomic mass is 32.2. The fraction of sp³-hybridized carbons (Fsp3) is 0.353. The van der Waals surface area contributed by atoms with Gasteiger partial charge in [0, 0.05) is 18.3 Å². The number of anilines is 1. The third-order valence-electron chi connectivity index (χ3n) is 4.03. The van der Waals surface area contributed by atoms with E-state index in [4.69, 9.17) is 4.74 Å². The van der Waals surface area contributed by atoms with Gasteiger partial charge in [-0.05, 0) is 51.5 Å². The zero-order chi connectivity index (χ0) is 18.9. The zero-order valence-electron chi connectivity index (χ0n) is 14.8. The van der Waals surface area contributed by atoms with Crippen LogP contribution in [-0.4, -0.2) is 25.6 Å². The molecule has 0 unspecified atom stereocenters. The molecule has 0 fully saturated rings. The molecule has 1 aromatic carbocycles. The number of nitrogens with one attached hydrogen (secondary N) is 1. The van der Waals surface area contributed by atoms with E-state index in [-0.39, 0.29) is 22.9 Å². The molecule has 1 N–H and O–H groups in total. The molecule has 2 aromatic rings. The molecule has 0 saturated heterocycles. The number of rotatable bonds is 5. The molecular formula is C17H21FN2O4S. The van der Waals surface area contributed by atoms with Crippen molar-refractivity contribution in [3.63, 3.8) is 0 Å². The molecule has 0 spiro atoms. The van der Waals surface area contributed by atoms with Crippen LogP contribution in [0.15, 0.2) is 23.1 Å². The Balaban J connectivity index is 2.53. The third-order valence-corrected chi connectivity index (χ3v) is 5.66. The highest BCUT2D eigenvalue weighted by Gasteiger charge is 2.29. The summed E-state index contributed by atoms with van der Waals surface area (Å²) in [6, 6.07) is 3.79. The van der Waals surface area contributed by atoms with Gasteiger partial charge in [0.1, 0.15) is 16.4 Å². The van der Waals surface area contributed by atoms with Crippen molar-refractivity contribution in [3.8, 4) is 0 Å². The maximum atomic E-state index is 13.2. The van der Waals surface area contributed by atoms with Gasteiger partial charge < -0.3 is 9.30 Å². The van der Waals surface area contributed by atoms with E-state index in [1.807, 2.05) is 0 Å². The van der Waals surface area contributed by atoms with Gasteiger partial charge in [0.2, 0.25) is 0 Å². The lowest BCUT2D eigenvalue weighted by molar-refractivity contribution is 0.0514. The predicted molar refractivity (Wildman–Crippen MR) is 92.8 cm³/mol. The van der Waals surface area contributed by atoms with Gasteiger partial charge in [0.25, 0.3) is 10.0 Å². The lowest BCUT2D eigenvalue weighted by Crippen LogP contribution is -2.15. The summed E-state index contributed by atoms with van der Waals surface area (Å²) in [7, 11) is -2.35. The maximum absolute atomic E-state index is 13.2. The smallest absolute Gasteiger partial charge is 0.355 e. The first-order valence-electron chi connectivity index (χ1n) is 7.72. The van der Waals surface area contributed by atoms with E-state index in [0.29, 0.717) is 16.8 Å². The number of ether oxygens (including phenoxy) is 1. The number of hydrogen-bond donors (Lipinski definition) is 1. The van der Waals surface area contributed by atoms with Crippen molar-refractivity contribution in [1.29, 1.82) is 0 Å². The van der Waals surface area contributed by atoms with Crippen molar-refractivity contribution in [1.82, 2.24) is 4.57 Å². The van der Waals surface area contributed by atoms with Gasteiger partial charge in [-0.1, -0.05) is 0 Å². The number of halogens is 1. The molecule has 6 nitrogen and oxygen atoms in total. The molecule has 0 aliphatic carbocycles. The normalized spacial score (nSPS) is 11.4. The van der Waals surface area contributed by atoms with Crippen molar-refractivity contribution in [2.45, 2.75) is 32.6 Å². The average molecular weight is 368 g/mol. The number of carbonyl (C=O) groups excluding carboxylic acids is 1. The molecule has 0 aliphatic heterocycles. The van der Waals surface area contributed by atoms with E-state index in [0.717, 1.165) is 0 Å². The highest BCUT2D eigenvalue weighted by molar-refractivity contribution is 7.92. The number of aryl methyl sites for hydroxylation is 1. The van der Waals surface area contributed by atoms with E-state index in [9.17, 15) is 17.6 Å². The Morgan fingerprint density at radius 2 is 1.92 bits per heavy atom. The topological polar surface area (TPSA) is 77.4 Å². The molecule has 1 aromatic heterocycles. The van der Waals surface area contributed by atoms with Gasteiger partial charge in [0.15, 0.2) is 0 Å². The summed E-state index contributed by atoms with van der Waals surface area (Å²) in [5, 5.41) is 0. The second-order valence-electron chi connectivity index (χ2n) is 5.73. The van der Waals surface area contributed by atoms with Gasteiger partial charge in [0.05, 0.1) is 12.3 Å². The lowest BCUT2D eigenvalue weighted by Gasteiger charge is -2.11. The third kappa shape index (κ3) is 3.53. The summed E-state index contributed by atoms with van der Waals surface area (Å²) >= 11 is 0. The summed E-state index contributed by atoms with van der Waals surface area (Å²) in [4.78, 5) is 12.1. The molecule has 25 heavy (non-hydrogen) atoms. The van der Waals surface area contributed by atoms with Gasteiger partial charge in [-0.15, -0.1) is 0 Å². The molecule has 0 atom stereocenters. The van der Waals surface area contributed by atoms with Crippen LogP contribution in [0.3, 0.4) is 0 Å². The van der Waals surface area contributed by atoms with Crippen molar-refractivity contribution in [3.05, 3.63) is 46.5 Å². The molecule has 0 aliphatic rings. The van der Waals surface area contributed by atoms with Crippen molar-refractivity contribution >= 4 is 21.7 Å². The van der Waals surface area contributed by atoms with Crippen LogP contribution in [0.1, 0.15) is 34.2 Å². The Morgan fingerprint density at radius 3 is 2.48 bits per heavy atom. The van der Waals surface area contributed by atoms with Crippen LogP contribution in [0, 0.1) is 26.6 Å². The largest absolute Gasteiger partial charge is 0.461 e. The standard InChI is InChI=1S/C17H21FN2O4S/c1-6-24-17(21)15-11(3)16(12(4)20(15)5)25(22,23)19-14-8-7-13(18)9-10(14)2/h7-9,19H,6H2,1-5H3. The Kier molecular flexibility index (Phi) is 5.22. The minimum atomic E-state index is -3.96. The number of sulfonamides is 1. The first kappa shape index (κ1) is 19.0. The predicted octanol–water partition coefficient (Wildman–Crippen LogP) is 3.07. The summed E-state index contributed by atoms with van der Waals surface area (Å²) in [5.41, 5.74) is 1.65. The van der Waals surface area contributed by atoms with Crippen LogP contribution < -0.4 is 4.72 Å². The van der Waals surface area contributed by atoms with Crippen LogP contribution >= 0.6 is 0 Å². The Labute approximate surface area is 146 Å². The minimum absolute atomic E-state index is 0.0155. The summed E-state index contributed by atoms with van der Waals surface area (Å²) in [6.07, 6.45) is 0. The van der Waals surface area contributed by atoms with E-state index in [1.165, 1.54) is 22.8 Å². The number of carbonyl (C=O) groups is 1. The van der Waals surface area contributed by atoms with E-state index in [2.05, 4.69) is 4.72 Å². The van der Waals surface area contributed by atoms with Crippen molar-refractivity contribution < 1.29 is 22.3 Å². The van der Waals surface area contributed by atoms with Gasteiger partial charge in [-0.2, -0.15) is 0 Å². The second-order valence-corrected chi connectivity index (χ2v) is 7.35. The summed E-state index contributed by atoms with van der Waals surface area (Å²) in [5.74, 6) is -1.03. The fourth-order valence-corrected chi connectivity index (χ4v) is 4.42. The van der Waals surface area contributed by atoms with Gasteiger partial charge in [-0.25, -0.2) is 17.6 Å². The molecule has 0 amide bonds. The Morgan fingerprint density at radius 1 is 1.28 bits per heavy atom. The molecule has 0 bridgehead atoms. The van der Waals surface area contributed by atoms with Crippen LogP contribution in [0.5, 0.6) is 0 Å². The number of esters is 1. The molecule has 0 saturated carbocycles. The SMILES string of the molecule is CCOC(=O)c1c(C)c(S(=O)(=O)Nc2ccc(F)cc2C)c(C)n1C. The second kappa shape index (κ2) is 6.87. The number of benzene rings is 1. The van der Waals surface area contributed by atoms with Crippen molar-refractivity contribution in [2.24, 2.45) is 7.05 Å². The van der Waals surface area contributed by atoms with Crippen LogP contribution in [0.2, 0.25) is 0 Å². The molecule has 1 heterocycles. The number of hydrogen-bond acceptors (Lipinski definition) is 4. The first-order valence-corrected chi connectivity index (χ1v) is 9.20. The van der Waals surface area contributed by atoms with E-state index < -0.39 is 21.8 Å². The van der Waals surface area contributed by atoms with Crippen LogP contribution in [0.25, 0.3) is 0 Å². The summed E-state index contributed by atoms with van der Waals surface area (Å²) < 4.78 is 47.9.